The third-order valence-electron chi connectivity index (χ3n) is 5.64. The molecule has 0 atom stereocenters. The lowest BCUT2D eigenvalue weighted by atomic mass is 10.2. The van der Waals surface area contributed by atoms with Crippen LogP contribution in [0.15, 0.2) is 36.4 Å². The number of carbonyl (C=O) groups is 1. The van der Waals surface area contributed by atoms with E-state index < -0.39 is 0 Å². The SMILES string of the molecule is CCN(CC)CCN(C(=O)c1sc2ccccc2c1Cl)c1nc2c(OC)ccc(OC)c2s1.Cl. The number of halogens is 2. The highest BCUT2D eigenvalue weighted by atomic mass is 35.5. The van der Waals surface area contributed by atoms with E-state index >= 15 is 0 Å². The summed E-state index contributed by atoms with van der Waals surface area (Å²) >= 11 is 9.50. The fraction of sp³-hybridized carbons (Fsp3) is 0.333. The van der Waals surface area contributed by atoms with Crippen LogP contribution in [0.3, 0.4) is 0 Å². The van der Waals surface area contributed by atoms with Gasteiger partial charge in [0.1, 0.15) is 26.6 Å². The number of thiophene rings is 1. The molecule has 0 N–H and O–H groups in total. The van der Waals surface area contributed by atoms with Crippen LogP contribution in [-0.2, 0) is 0 Å². The minimum Gasteiger partial charge on any atom is -0.495 e. The zero-order valence-corrected chi connectivity index (χ0v) is 22.7. The van der Waals surface area contributed by atoms with E-state index in [1.54, 1.807) is 19.1 Å². The number of anilines is 1. The fourth-order valence-corrected chi connectivity index (χ4v) is 6.29. The molecule has 0 unspecified atom stereocenters. The molecule has 4 rings (SSSR count). The van der Waals surface area contributed by atoms with Crippen LogP contribution in [-0.4, -0.2) is 56.2 Å². The van der Waals surface area contributed by atoms with Crippen LogP contribution in [0, 0.1) is 0 Å². The van der Waals surface area contributed by atoms with E-state index in [0.29, 0.717) is 38.6 Å². The highest BCUT2D eigenvalue weighted by Crippen LogP contribution is 2.42. The first-order valence-electron chi connectivity index (χ1n) is 10.7. The van der Waals surface area contributed by atoms with Crippen LogP contribution in [0.4, 0.5) is 5.13 Å². The standard InChI is InChI=1S/C24H26ClN3O3S2.ClH/c1-5-27(6-2)13-14-28(23(29)22-19(25)15-9-7-8-10-18(15)32-22)24-26-20-16(30-3)11-12-17(31-4)21(20)33-24;/h7-12H,5-6,13-14H2,1-4H3;1H. The lowest BCUT2D eigenvalue weighted by Gasteiger charge is -2.24. The van der Waals surface area contributed by atoms with Crippen LogP contribution in [0.25, 0.3) is 20.3 Å². The van der Waals surface area contributed by atoms with Gasteiger partial charge in [-0.15, -0.1) is 23.7 Å². The Morgan fingerprint density at radius 1 is 1.00 bits per heavy atom. The lowest BCUT2D eigenvalue weighted by molar-refractivity contribution is 0.0988. The number of rotatable bonds is 9. The summed E-state index contributed by atoms with van der Waals surface area (Å²) < 4.78 is 12.9. The Kier molecular flexibility index (Phi) is 9.01. The molecule has 2 aromatic heterocycles. The van der Waals surface area contributed by atoms with Crippen LogP contribution >= 0.6 is 46.7 Å². The van der Waals surface area contributed by atoms with Crippen molar-refractivity contribution in [3.05, 3.63) is 46.3 Å². The number of ether oxygens (including phenoxy) is 2. The van der Waals surface area contributed by atoms with Crippen LogP contribution in [0.1, 0.15) is 23.5 Å². The monoisotopic (exact) mass is 539 g/mol. The maximum Gasteiger partial charge on any atom is 0.271 e. The molecule has 0 bridgehead atoms. The second-order valence-electron chi connectivity index (χ2n) is 7.37. The third kappa shape index (κ3) is 4.97. The highest BCUT2D eigenvalue weighted by Gasteiger charge is 2.27. The van der Waals surface area contributed by atoms with Gasteiger partial charge >= 0.3 is 0 Å². The number of amides is 1. The summed E-state index contributed by atoms with van der Waals surface area (Å²) in [6, 6.07) is 11.5. The summed E-state index contributed by atoms with van der Waals surface area (Å²) in [6.07, 6.45) is 0. The summed E-state index contributed by atoms with van der Waals surface area (Å²) in [5.41, 5.74) is 0.680. The van der Waals surface area contributed by atoms with E-state index in [2.05, 4.69) is 18.7 Å². The van der Waals surface area contributed by atoms with Gasteiger partial charge in [0.15, 0.2) is 5.13 Å². The number of benzene rings is 2. The van der Waals surface area contributed by atoms with Crippen molar-refractivity contribution in [2.24, 2.45) is 0 Å². The molecule has 0 fully saturated rings. The fourth-order valence-electron chi connectivity index (χ4n) is 3.73. The van der Waals surface area contributed by atoms with Crippen molar-refractivity contribution in [3.63, 3.8) is 0 Å². The predicted molar refractivity (Wildman–Crippen MR) is 146 cm³/mol. The van der Waals surface area contributed by atoms with Crippen molar-refractivity contribution in [1.82, 2.24) is 9.88 Å². The number of aromatic nitrogens is 1. The average Bonchev–Trinajstić information content (AvgIpc) is 3.43. The molecule has 4 aromatic rings. The first-order chi connectivity index (χ1) is 16.0. The second-order valence-corrected chi connectivity index (χ2v) is 9.78. The van der Waals surface area contributed by atoms with Crippen molar-refractivity contribution < 1.29 is 14.3 Å². The Labute approximate surface area is 218 Å². The Morgan fingerprint density at radius 3 is 2.32 bits per heavy atom. The average molecular weight is 541 g/mol. The summed E-state index contributed by atoms with van der Waals surface area (Å²) in [6.45, 7) is 7.27. The zero-order chi connectivity index (χ0) is 23.5. The van der Waals surface area contributed by atoms with Gasteiger partial charge in [0.05, 0.1) is 19.2 Å². The molecule has 6 nitrogen and oxygen atoms in total. The molecule has 2 aromatic carbocycles. The van der Waals surface area contributed by atoms with Gasteiger partial charge in [-0.2, -0.15) is 0 Å². The third-order valence-corrected chi connectivity index (χ3v) is 8.39. The Balaban J connectivity index is 0.00000324. The minimum absolute atomic E-state index is 0. The lowest BCUT2D eigenvalue weighted by Crippen LogP contribution is -2.38. The van der Waals surface area contributed by atoms with Crippen LogP contribution in [0.2, 0.25) is 5.02 Å². The van der Waals surface area contributed by atoms with Gasteiger partial charge in [-0.05, 0) is 31.3 Å². The number of methoxy groups -OCH3 is 2. The first kappa shape index (κ1) is 26.5. The van der Waals surface area contributed by atoms with E-state index in [4.69, 9.17) is 26.1 Å². The quantitative estimate of drug-likeness (QED) is 0.240. The summed E-state index contributed by atoms with van der Waals surface area (Å²) in [7, 11) is 3.24. The van der Waals surface area contributed by atoms with Gasteiger partial charge in [-0.3, -0.25) is 9.69 Å². The topological polar surface area (TPSA) is 54.9 Å². The van der Waals surface area contributed by atoms with Crippen molar-refractivity contribution in [2.75, 3.05) is 45.3 Å². The maximum absolute atomic E-state index is 13.8. The predicted octanol–water partition coefficient (Wildman–Crippen LogP) is 6.59. The summed E-state index contributed by atoms with van der Waals surface area (Å²) in [4.78, 5) is 23.2. The van der Waals surface area contributed by atoms with E-state index in [0.717, 1.165) is 34.4 Å². The van der Waals surface area contributed by atoms with Crippen LogP contribution < -0.4 is 14.4 Å². The summed E-state index contributed by atoms with van der Waals surface area (Å²) in [5, 5.41) is 1.98. The molecular weight excluding hydrogens is 513 g/mol. The van der Waals surface area contributed by atoms with E-state index in [9.17, 15) is 4.79 Å². The van der Waals surface area contributed by atoms with E-state index in [-0.39, 0.29) is 18.3 Å². The number of hydrogen-bond acceptors (Lipinski definition) is 7. The molecule has 10 heteroatoms. The molecule has 0 aliphatic rings. The molecular formula is C24H27Cl2N3O3S2. The number of likely N-dealkylation sites (N-methyl/N-ethyl adjacent to an activating group) is 1. The molecule has 2 heterocycles. The molecule has 182 valence electrons. The van der Waals surface area contributed by atoms with Gasteiger partial charge < -0.3 is 14.4 Å². The first-order valence-corrected chi connectivity index (χ1v) is 12.8. The van der Waals surface area contributed by atoms with Crippen LogP contribution in [0.5, 0.6) is 11.5 Å². The Bertz CT molecular complexity index is 1250. The molecule has 34 heavy (non-hydrogen) atoms. The second kappa shape index (κ2) is 11.6. The molecule has 0 radical (unpaired) electrons. The molecule has 0 spiro atoms. The van der Waals surface area contributed by atoms with Crippen molar-refractivity contribution >= 4 is 78.0 Å². The normalized spacial score (nSPS) is 11.1. The number of fused-ring (bicyclic) bond motifs is 2. The zero-order valence-electron chi connectivity index (χ0n) is 19.5. The van der Waals surface area contributed by atoms with Crippen molar-refractivity contribution in [2.45, 2.75) is 13.8 Å². The Hall–Kier alpha value is -2.10. The van der Waals surface area contributed by atoms with Gasteiger partial charge in [-0.1, -0.05) is 55.0 Å². The van der Waals surface area contributed by atoms with Crippen molar-refractivity contribution in [3.8, 4) is 11.5 Å². The van der Waals surface area contributed by atoms with E-state index in [1.807, 2.05) is 36.4 Å². The maximum atomic E-state index is 13.8. The molecule has 0 aliphatic carbocycles. The van der Waals surface area contributed by atoms with E-state index in [1.165, 1.54) is 22.7 Å². The molecule has 0 saturated carbocycles. The van der Waals surface area contributed by atoms with Gasteiger partial charge in [0.25, 0.3) is 5.91 Å². The highest BCUT2D eigenvalue weighted by molar-refractivity contribution is 7.23. The molecule has 0 saturated heterocycles. The van der Waals surface area contributed by atoms with Crippen molar-refractivity contribution in [1.29, 1.82) is 0 Å². The molecule has 1 amide bonds. The minimum atomic E-state index is -0.148. The number of carbonyl (C=O) groups excluding carboxylic acids is 1. The van der Waals surface area contributed by atoms with Gasteiger partial charge in [0.2, 0.25) is 0 Å². The van der Waals surface area contributed by atoms with Gasteiger partial charge in [-0.25, -0.2) is 4.98 Å². The number of nitrogens with zero attached hydrogens (tertiary/aromatic N) is 3. The largest absolute Gasteiger partial charge is 0.495 e. The smallest absolute Gasteiger partial charge is 0.271 e. The van der Waals surface area contributed by atoms with Gasteiger partial charge in [0, 0.05) is 23.2 Å². The number of hydrogen-bond donors (Lipinski definition) is 0. The number of thiazole rings is 1. The molecule has 0 aliphatic heterocycles. The summed E-state index contributed by atoms with van der Waals surface area (Å²) in [5.74, 6) is 1.19. The Morgan fingerprint density at radius 2 is 1.68 bits per heavy atom.